The molecule has 42 heavy (non-hydrogen) atoms. The first kappa shape index (κ1) is 29.8. The van der Waals surface area contributed by atoms with E-state index in [0.717, 1.165) is 53.6 Å². The molecule has 0 spiro atoms. The van der Waals surface area contributed by atoms with Gasteiger partial charge >= 0.3 is 12.4 Å². The molecule has 5 rings (SSSR count). The molecule has 2 heterocycles. The molecule has 1 saturated carbocycles. The standard InChI is InChI=1S/C32H32F6N4/c33-31(34,35)26-14-22(15-27(17-26)32(36,37)38)19-42(29-11-5-6-12-40-29)20-25-16-23-9-3-4-10-28(23)41-30(25)24(18-39)13-21-7-1-2-8-21/h3-6,9-12,14-17,21,24H,1-2,7-8,13,18-20,39H2. The van der Waals surface area contributed by atoms with E-state index in [1.165, 1.54) is 19.0 Å². The van der Waals surface area contributed by atoms with Crippen LogP contribution in [0.25, 0.3) is 10.9 Å². The van der Waals surface area contributed by atoms with Gasteiger partial charge in [-0.3, -0.25) is 4.98 Å². The van der Waals surface area contributed by atoms with Crippen molar-refractivity contribution < 1.29 is 26.3 Å². The fourth-order valence-corrected chi connectivity index (χ4v) is 5.92. The third kappa shape index (κ3) is 7.03. The first-order chi connectivity index (χ1) is 20.0. The zero-order valence-corrected chi connectivity index (χ0v) is 22.9. The van der Waals surface area contributed by atoms with E-state index in [1.807, 2.05) is 30.3 Å². The van der Waals surface area contributed by atoms with Crippen LogP contribution in [-0.2, 0) is 25.4 Å². The third-order valence-corrected chi connectivity index (χ3v) is 7.96. The number of benzene rings is 2. The Kier molecular flexibility index (Phi) is 8.73. The number of para-hydroxylation sites is 1. The predicted octanol–water partition coefficient (Wildman–Crippen LogP) is 8.50. The lowest BCUT2D eigenvalue weighted by Gasteiger charge is -2.28. The summed E-state index contributed by atoms with van der Waals surface area (Å²) >= 11 is 0. The molecule has 2 N–H and O–H groups in total. The molecule has 1 fully saturated rings. The zero-order chi connectivity index (χ0) is 29.9. The molecule has 222 valence electrons. The van der Waals surface area contributed by atoms with Crippen molar-refractivity contribution in [3.05, 3.63) is 101 Å². The number of halogens is 6. The molecule has 1 aliphatic rings. The second kappa shape index (κ2) is 12.3. The highest BCUT2D eigenvalue weighted by molar-refractivity contribution is 5.79. The van der Waals surface area contributed by atoms with Crippen molar-refractivity contribution in [3.8, 4) is 0 Å². The fourth-order valence-electron chi connectivity index (χ4n) is 5.92. The summed E-state index contributed by atoms with van der Waals surface area (Å²) in [5.74, 6) is 0.920. The molecule has 2 aromatic heterocycles. The Morgan fingerprint density at radius 3 is 2.12 bits per heavy atom. The maximum absolute atomic E-state index is 13.6. The summed E-state index contributed by atoms with van der Waals surface area (Å²) < 4.78 is 81.8. The number of fused-ring (bicyclic) bond motifs is 1. The molecule has 10 heteroatoms. The lowest BCUT2D eigenvalue weighted by molar-refractivity contribution is -0.143. The van der Waals surface area contributed by atoms with E-state index in [-0.39, 0.29) is 30.6 Å². The Hall–Kier alpha value is -3.66. The van der Waals surface area contributed by atoms with E-state index in [2.05, 4.69) is 4.98 Å². The largest absolute Gasteiger partial charge is 0.416 e. The average Bonchev–Trinajstić information content (AvgIpc) is 3.48. The number of aromatic nitrogens is 2. The van der Waals surface area contributed by atoms with Gasteiger partial charge in [0.15, 0.2) is 0 Å². The van der Waals surface area contributed by atoms with Crippen molar-refractivity contribution in [3.63, 3.8) is 0 Å². The molecule has 1 atom stereocenters. The quantitative estimate of drug-likeness (QED) is 0.200. The molecule has 1 unspecified atom stereocenters. The smallest absolute Gasteiger partial charge is 0.348 e. The number of anilines is 1. The van der Waals surface area contributed by atoms with Gasteiger partial charge in [0.05, 0.1) is 22.3 Å². The van der Waals surface area contributed by atoms with Crippen molar-refractivity contribution >= 4 is 16.7 Å². The third-order valence-electron chi connectivity index (χ3n) is 7.96. The molecular formula is C32H32F6N4. The van der Waals surface area contributed by atoms with Gasteiger partial charge in [0.1, 0.15) is 5.82 Å². The van der Waals surface area contributed by atoms with Crippen LogP contribution in [0.4, 0.5) is 32.2 Å². The highest BCUT2D eigenvalue weighted by Gasteiger charge is 2.37. The second-order valence-electron chi connectivity index (χ2n) is 11.0. The Labute approximate surface area is 240 Å². The van der Waals surface area contributed by atoms with Crippen molar-refractivity contribution in [1.29, 1.82) is 0 Å². The number of hydrogen-bond donors (Lipinski definition) is 1. The molecule has 2 aromatic carbocycles. The van der Waals surface area contributed by atoms with Crippen LogP contribution >= 0.6 is 0 Å². The normalized spacial score (nSPS) is 15.3. The van der Waals surface area contributed by atoms with E-state index < -0.39 is 23.5 Å². The van der Waals surface area contributed by atoms with Crippen LogP contribution in [0.5, 0.6) is 0 Å². The minimum atomic E-state index is -4.93. The number of hydrogen-bond acceptors (Lipinski definition) is 4. The SMILES string of the molecule is NCC(CC1CCCC1)c1nc2ccccc2cc1CN(Cc1cc(C(F)(F)F)cc(C(F)(F)F)c1)c1ccccn1. The van der Waals surface area contributed by atoms with E-state index in [9.17, 15) is 26.3 Å². The molecule has 0 bridgehead atoms. The Morgan fingerprint density at radius 1 is 0.833 bits per heavy atom. The van der Waals surface area contributed by atoms with Gasteiger partial charge < -0.3 is 10.6 Å². The van der Waals surface area contributed by atoms with Crippen LogP contribution < -0.4 is 10.6 Å². The van der Waals surface area contributed by atoms with E-state index in [4.69, 9.17) is 10.7 Å². The lowest BCUT2D eigenvalue weighted by atomic mass is 9.88. The molecule has 0 saturated heterocycles. The molecule has 0 aliphatic heterocycles. The molecule has 1 aliphatic carbocycles. The summed E-state index contributed by atoms with van der Waals surface area (Å²) in [6.45, 7) is 0.316. The van der Waals surface area contributed by atoms with Gasteiger partial charge in [-0.25, -0.2) is 4.98 Å². The number of rotatable bonds is 9. The fraction of sp³-hybridized carbons (Fsp3) is 0.375. The van der Waals surface area contributed by atoms with Crippen LogP contribution in [-0.4, -0.2) is 16.5 Å². The average molecular weight is 587 g/mol. The Bertz CT molecular complexity index is 1460. The minimum Gasteiger partial charge on any atom is -0.348 e. The summed E-state index contributed by atoms with van der Waals surface area (Å²) in [6.07, 6.45) is -2.81. The summed E-state index contributed by atoms with van der Waals surface area (Å²) in [7, 11) is 0. The maximum atomic E-state index is 13.6. The highest BCUT2D eigenvalue weighted by atomic mass is 19.4. The summed E-state index contributed by atoms with van der Waals surface area (Å²) in [6, 6.07) is 16.4. The first-order valence-electron chi connectivity index (χ1n) is 14.0. The number of nitrogens with two attached hydrogens (primary N) is 1. The first-order valence-corrected chi connectivity index (χ1v) is 14.0. The van der Waals surface area contributed by atoms with Gasteiger partial charge in [-0.1, -0.05) is 49.9 Å². The number of alkyl halides is 6. The van der Waals surface area contributed by atoms with Crippen LogP contribution in [0.2, 0.25) is 0 Å². The van der Waals surface area contributed by atoms with Crippen LogP contribution in [0.1, 0.15) is 66.0 Å². The highest BCUT2D eigenvalue weighted by Crippen LogP contribution is 2.38. The van der Waals surface area contributed by atoms with E-state index in [1.54, 1.807) is 23.1 Å². The van der Waals surface area contributed by atoms with Crippen molar-refractivity contribution in [1.82, 2.24) is 9.97 Å². The van der Waals surface area contributed by atoms with Crippen molar-refractivity contribution in [2.24, 2.45) is 11.7 Å². The number of pyridine rings is 2. The Balaban J connectivity index is 1.58. The van der Waals surface area contributed by atoms with Gasteiger partial charge in [0.25, 0.3) is 0 Å². The zero-order valence-electron chi connectivity index (χ0n) is 22.9. The topological polar surface area (TPSA) is 55.0 Å². The monoisotopic (exact) mass is 586 g/mol. The van der Waals surface area contributed by atoms with Gasteiger partial charge in [-0.15, -0.1) is 0 Å². The predicted molar refractivity (Wildman–Crippen MR) is 151 cm³/mol. The Morgan fingerprint density at radius 2 is 1.50 bits per heavy atom. The van der Waals surface area contributed by atoms with E-state index >= 15 is 0 Å². The van der Waals surface area contributed by atoms with Gasteiger partial charge in [0, 0.05) is 37.1 Å². The lowest BCUT2D eigenvalue weighted by Crippen LogP contribution is -2.26. The van der Waals surface area contributed by atoms with E-state index in [0.29, 0.717) is 18.3 Å². The second-order valence-corrected chi connectivity index (χ2v) is 11.0. The number of nitrogens with zero attached hydrogens (tertiary/aromatic N) is 3. The molecule has 4 nitrogen and oxygen atoms in total. The van der Waals surface area contributed by atoms with Crippen LogP contribution in [0, 0.1) is 5.92 Å². The maximum Gasteiger partial charge on any atom is 0.416 e. The summed E-state index contributed by atoms with van der Waals surface area (Å²) in [5.41, 5.74) is 5.91. The van der Waals surface area contributed by atoms with Gasteiger partial charge in [0.2, 0.25) is 0 Å². The van der Waals surface area contributed by atoms with Gasteiger partial charge in [-0.05, 0) is 65.9 Å². The van der Waals surface area contributed by atoms with Gasteiger partial charge in [-0.2, -0.15) is 26.3 Å². The molecule has 0 radical (unpaired) electrons. The van der Waals surface area contributed by atoms with Crippen molar-refractivity contribution in [2.75, 3.05) is 11.4 Å². The molecule has 0 amide bonds. The summed E-state index contributed by atoms with van der Waals surface area (Å²) in [5, 5.41) is 0.882. The van der Waals surface area contributed by atoms with Crippen molar-refractivity contribution in [2.45, 2.75) is 63.5 Å². The molecule has 4 aromatic rings. The minimum absolute atomic E-state index is 0.0383. The molecular weight excluding hydrogens is 554 g/mol. The summed E-state index contributed by atoms with van der Waals surface area (Å²) in [4.78, 5) is 11.1. The van der Waals surface area contributed by atoms with Crippen LogP contribution in [0.15, 0.2) is 72.9 Å². The van der Waals surface area contributed by atoms with Crippen LogP contribution in [0.3, 0.4) is 0 Å².